The molecule has 0 radical (unpaired) electrons. The number of rotatable bonds is 6. The van der Waals surface area contributed by atoms with Crippen LogP contribution in [0.1, 0.15) is 41.8 Å². The van der Waals surface area contributed by atoms with Crippen molar-refractivity contribution >= 4 is 17.7 Å². The molecule has 0 bridgehead atoms. The summed E-state index contributed by atoms with van der Waals surface area (Å²) in [6, 6.07) is 3.29. The van der Waals surface area contributed by atoms with Gasteiger partial charge in [0, 0.05) is 6.54 Å². The molecule has 0 saturated heterocycles. The Kier molecular flexibility index (Phi) is 4.89. The van der Waals surface area contributed by atoms with Gasteiger partial charge in [-0.3, -0.25) is 4.57 Å². The fourth-order valence-electron chi connectivity index (χ4n) is 1.81. The lowest BCUT2D eigenvalue weighted by Crippen LogP contribution is -2.17. The van der Waals surface area contributed by atoms with Gasteiger partial charge in [-0.2, -0.15) is 0 Å². The predicted octanol–water partition coefficient (Wildman–Crippen LogP) is 2.21. The highest BCUT2D eigenvalue weighted by Gasteiger charge is 2.19. The van der Waals surface area contributed by atoms with Gasteiger partial charge in [0.2, 0.25) is 5.76 Å². The Bertz CT molecular complexity index is 673. The van der Waals surface area contributed by atoms with E-state index in [0.29, 0.717) is 17.5 Å². The lowest BCUT2D eigenvalue weighted by atomic mass is 10.3. The summed E-state index contributed by atoms with van der Waals surface area (Å²) in [4.78, 5) is 23.0. The number of furan rings is 1. The van der Waals surface area contributed by atoms with Gasteiger partial charge in [-0.1, -0.05) is 18.7 Å². The zero-order valence-corrected chi connectivity index (χ0v) is 12.9. The van der Waals surface area contributed by atoms with Crippen LogP contribution in [-0.2, 0) is 11.3 Å². The van der Waals surface area contributed by atoms with E-state index in [1.54, 1.807) is 16.7 Å². The van der Waals surface area contributed by atoms with Crippen molar-refractivity contribution in [3.05, 3.63) is 34.1 Å². The lowest BCUT2D eigenvalue weighted by Gasteiger charge is -2.08. The monoisotopic (exact) mass is 311 g/mol. The highest BCUT2D eigenvalue weighted by Crippen LogP contribution is 2.34. The molecule has 0 fully saturated rings. The smallest absolute Gasteiger partial charge is 0.373 e. The Morgan fingerprint density at radius 1 is 1.57 bits per heavy atom. The van der Waals surface area contributed by atoms with Gasteiger partial charge in [-0.05, 0) is 25.5 Å². The van der Waals surface area contributed by atoms with Gasteiger partial charge < -0.3 is 9.15 Å². The maximum atomic E-state index is 11.6. The Hall–Kier alpha value is -1.96. The number of nitrogens with zero attached hydrogens (tertiary/aromatic N) is 2. The summed E-state index contributed by atoms with van der Waals surface area (Å²) in [6.45, 7) is 4.52. The predicted molar refractivity (Wildman–Crippen MR) is 77.5 cm³/mol. The van der Waals surface area contributed by atoms with Gasteiger partial charge in [0.15, 0.2) is 5.16 Å². The molecule has 0 spiro atoms. The van der Waals surface area contributed by atoms with Crippen molar-refractivity contribution in [2.24, 2.45) is 0 Å². The van der Waals surface area contributed by atoms with Crippen LogP contribution < -0.4 is 5.69 Å². The fraction of sp³-hybridized carbons (Fsp3) is 0.462. The third kappa shape index (κ3) is 3.38. The first kappa shape index (κ1) is 15.4. The zero-order chi connectivity index (χ0) is 15.4. The van der Waals surface area contributed by atoms with Crippen LogP contribution in [0.4, 0.5) is 0 Å². The van der Waals surface area contributed by atoms with Gasteiger partial charge in [0.05, 0.1) is 12.4 Å². The first-order chi connectivity index (χ1) is 10.1. The minimum absolute atomic E-state index is 0.0887. The number of esters is 1. The van der Waals surface area contributed by atoms with Crippen molar-refractivity contribution in [2.75, 3.05) is 7.11 Å². The number of hydrogen-bond donors (Lipinski definition) is 1. The quantitative estimate of drug-likeness (QED) is 0.650. The summed E-state index contributed by atoms with van der Waals surface area (Å²) in [7, 11) is 1.30. The molecule has 114 valence electrons. The molecule has 1 N–H and O–H groups in total. The highest BCUT2D eigenvalue weighted by atomic mass is 32.2. The molecule has 1 atom stereocenters. The van der Waals surface area contributed by atoms with E-state index in [0.717, 1.165) is 6.42 Å². The summed E-state index contributed by atoms with van der Waals surface area (Å²) in [5.74, 6) is 0.271. The third-order valence-electron chi connectivity index (χ3n) is 2.87. The summed E-state index contributed by atoms with van der Waals surface area (Å²) in [5.41, 5.74) is -0.221. The summed E-state index contributed by atoms with van der Waals surface area (Å²) < 4.78 is 11.6. The number of nitrogens with one attached hydrogen (secondary N) is 1. The van der Waals surface area contributed by atoms with Crippen LogP contribution in [0.3, 0.4) is 0 Å². The highest BCUT2D eigenvalue weighted by molar-refractivity contribution is 7.99. The number of ether oxygens (including phenoxy) is 1. The minimum Gasteiger partial charge on any atom is -0.463 e. The van der Waals surface area contributed by atoms with Gasteiger partial charge >= 0.3 is 11.7 Å². The molecule has 7 nitrogen and oxygen atoms in total. The van der Waals surface area contributed by atoms with Crippen molar-refractivity contribution in [3.63, 3.8) is 0 Å². The van der Waals surface area contributed by atoms with Crippen LogP contribution >= 0.6 is 11.8 Å². The molecule has 0 amide bonds. The number of carbonyl (C=O) groups is 1. The van der Waals surface area contributed by atoms with Crippen LogP contribution in [0.5, 0.6) is 0 Å². The number of hydrogen-bond acceptors (Lipinski definition) is 6. The van der Waals surface area contributed by atoms with Gasteiger partial charge in [0.25, 0.3) is 0 Å². The second-order valence-corrected chi connectivity index (χ2v) is 5.72. The minimum atomic E-state index is -0.513. The average Bonchev–Trinajstić information content (AvgIpc) is 3.08. The average molecular weight is 311 g/mol. The maximum Gasteiger partial charge on any atom is 0.373 e. The van der Waals surface area contributed by atoms with Crippen molar-refractivity contribution in [2.45, 2.75) is 37.2 Å². The van der Waals surface area contributed by atoms with Crippen LogP contribution in [-0.4, -0.2) is 27.8 Å². The Labute approximate surface area is 125 Å². The van der Waals surface area contributed by atoms with Crippen molar-refractivity contribution in [1.82, 2.24) is 14.8 Å². The van der Waals surface area contributed by atoms with Gasteiger partial charge in [0.1, 0.15) is 5.76 Å². The normalized spacial score (nSPS) is 12.3. The number of thioether (sulfide) groups is 1. The molecule has 0 aliphatic carbocycles. The number of methoxy groups -OCH3 is 1. The molecule has 0 aromatic carbocycles. The van der Waals surface area contributed by atoms with E-state index in [-0.39, 0.29) is 16.7 Å². The summed E-state index contributed by atoms with van der Waals surface area (Å²) >= 11 is 1.39. The molecule has 21 heavy (non-hydrogen) atoms. The molecular weight excluding hydrogens is 294 g/mol. The number of carbonyl (C=O) groups excluding carboxylic acids is 1. The molecule has 2 aromatic heterocycles. The van der Waals surface area contributed by atoms with Gasteiger partial charge in [-0.15, -0.1) is 5.10 Å². The standard InChI is InChI=1S/C13H17N3O4S/c1-4-7-16-12(18)14-15-13(16)21-8(2)9-5-6-10(20-9)11(17)19-3/h5-6,8H,4,7H2,1-3H3,(H,14,18)/t8-/m0/s1. The largest absolute Gasteiger partial charge is 0.463 e. The number of H-pyrrole nitrogens is 1. The molecule has 0 unspecified atom stereocenters. The molecule has 2 aromatic rings. The van der Waals surface area contributed by atoms with E-state index in [9.17, 15) is 9.59 Å². The third-order valence-corrected chi connectivity index (χ3v) is 3.98. The second kappa shape index (κ2) is 6.66. The van der Waals surface area contributed by atoms with Crippen molar-refractivity contribution < 1.29 is 13.9 Å². The zero-order valence-electron chi connectivity index (χ0n) is 12.1. The number of aromatic nitrogens is 3. The van der Waals surface area contributed by atoms with Crippen LogP contribution in [0.15, 0.2) is 26.5 Å². The van der Waals surface area contributed by atoms with Crippen LogP contribution in [0.25, 0.3) is 0 Å². The van der Waals surface area contributed by atoms with Crippen LogP contribution in [0.2, 0.25) is 0 Å². The second-order valence-electron chi connectivity index (χ2n) is 4.42. The maximum absolute atomic E-state index is 11.6. The first-order valence-electron chi connectivity index (χ1n) is 6.56. The Balaban J connectivity index is 2.14. The lowest BCUT2D eigenvalue weighted by molar-refractivity contribution is 0.0563. The van der Waals surface area contributed by atoms with Gasteiger partial charge in [-0.25, -0.2) is 14.7 Å². The molecule has 8 heteroatoms. The Morgan fingerprint density at radius 3 is 3.00 bits per heavy atom. The van der Waals surface area contributed by atoms with E-state index in [4.69, 9.17) is 4.42 Å². The Morgan fingerprint density at radius 2 is 2.33 bits per heavy atom. The van der Waals surface area contributed by atoms with Crippen molar-refractivity contribution in [1.29, 1.82) is 0 Å². The summed E-state index contributed by atoms with van der Waals surface area (Å²) in [6.07, 6.45) is 0.842. The van der Waals surface area contributed by atoms with E-state index < -0.39 is 5.97 Å². The van der Waals surface area contributed by atoms with E-state index in [1.807, 2.05) is 13.8 Å². The van der Waals surface area contributed by atoms with E-state index in [1.165, 1.54) is 18.9 Å². The number of aromatic amines is 1. The van der Waals surface area contributed by atoms with Crippen molar-refractivity contribution in [3.8, 4) is 0 Å². The molecule has 2 rings (SSSR count). The fourth-order valence-corrected chi connectivity index (χ4v) is 2.77. The van der Waals surface area contributed by atoms with Crippen LogP contribution in [0, 0.1) is 0 Å². The summed E-state index contributed by atoms with van der Waals surface area (Å²) in [5, 5.41) is 6.97. The molecule has 0 saturated carbocycles. The SMILES string of the molecule is CCCn1c(S[C@@H](C)c2ccc(C(=O)OC)o2)n[nH]c1=O. The first-order valence-corrected chi connectivity index (χ1v) is 7.44. The molecule has 0 aliphatic rings. The molecular formula is C13H17N3O4S. The van der Waals surface area contributed by atoms with E-state index >= 15 is 0 Å². The molecule has 0 aliphatic heterocycles. The topological polar surface area (TPSA) is 90.1 Å². The van der Waals surface area contributed by atoms with E-state index in [2.05, 4.69) is 14.9 Å². The molecule has 2 heterocycles.